The molecule has 98 valence electrons. The third kappa shape index (κ3) is 3.04. The summed E-state index contributed by atoms with van der Waals surface area (Å²) >= 11 is 0. The molecule has 19 heavy (non-hydrogen) atoms. The molecule has 2 rings (SSSR count). The van der Waals surface area contributed by atoms with Crippen molar-refractivity contribution in [2.24, 2.45) is 0 Å². The van der Waals surface area contributed by atoms with Crippen molar-refractivity contribution >= 4 is 11.8 Å². The molecule has 0 aliphatic rings. The predicted molar refractivity (Wildman–Crippen MR) is 67.0 cm³/mol. The van der Waals surface area contributed by atoms with Crippen molar-refractivity contribution in [1.29, 1.82) is 0 Å². The molecule has 0 fully saturated rings. The number of aromatic nitrogens is 2. The highest BCUT2D eigenvalue weighted by atomic mass is 19.1. The summed E-state index contributed by atoms with van der Waals surface area (Å²) < 4.78 is 17.6. The summed E-state index contributed by atoms with van der Waals surface area (Å²) in [5.41, 5.74) is 6.50. The largest absolute Gasteiger partial charge is 0.465 e. The second-order valence-corrected chi connectivity index (χ2v) is 3.88. The van der Waals surface area contributed by atoms with Crippen LogP contribution >= 0.6 is 0 Å². The van der Waals surface area contributed by atoms with Gasteiger partial charge in [0.1, 0.15) is 23.0 Å². The highest BCUT2D eigenvalue weighted by molar-refractivity contribution is 5.93. The standard InChI is InChI=1S/C13H12FN3O2/c1-19-13(18)10-7-16-11(17-12(10)15)6-8-3-2-4-9(14)5-8/h2-5,7H,6H2,1H3,(H2,15,16,17). The van der Waals surface area contributed by atoms with Crippen LogP contribution in [0.2, 0.25) is 0 Å². The van der Waals surface area contributed by atoms with E-state index >= 15 is 0 Å². The number of rotatable bonds is 3. The second kappa shape index (κ2) is 5.43. The van der Waals surface area contributed by atoms with Gasteiger partial charge in [-0.15, -0.1) is 0 Å². The third-order valence-corrected chi connectivity index (χ3v) is 2.52. The summed E-state index contributed by atoms with van der Waals surface area (Å²) in [5, 5.41) is 0. The number of esters is 1. The molecule has 1 aromatic carbocycles. The lowest BCUT2D eigenvalue weighted by atomic mass is 10.1. The summed E-state index contributed by atoms with van der Waals surface area (Å²) in [6.07, 6.45) is 1.65. The summed E-state index contributed by atoms with van der Waals surface area (Å²) in [5.74, 6) is -0.449. The zero-order valence-electron chi connectivity index (χ0n) is 10.3. The molecule has 6 heteroatoms. The Bertz CT molecular complexity index is 617. The molecule has 0 atom stereocenters. The van der Waals surface area contributed by atoms with Crippen LogP contribution in [0.4, 0.5) is 10.2 Å². The number of nitrogens with two attached hydrogens (primary N) is 1. The van der Waals surface area contributed by atoms with Gasteiger partial charge in [-0.3, -0.25) is 0 Å². The first kappa shape index (κ1) is 12.9. The van der Waals surface area contributed by atoms with Gasteiger partial charge in [0, 0.05) is 12.6 Å². The van der Waals surface area contributed by atoms with Gasteiger partial charge in [0.25, 0.3) is 0 Å². The van der Waals surface area contributed by atoms with Crippen LogP contribution < -0.4 is 5.73 Å². The molecule has 0 saturated heterocycles. The highest BCUT2D eigenvalue weighted by Crippen LogP contribution is 2.12. The number of hydrogen-bond acceptors (Lipinski definition) is 5. The minimum absolute atomic E-state index is 0.0493. The summed E-state index contributed by atoms with van der Waals surface area (Å²) in [6, 6.07) is 6.13. The lowest BCUT2D eigenvalue weighted by Crippen LogP contribution is -2.10. The molecule has 0 aliphatic carbocycles. The van der Waals surface area contributed by atoms with E-state index in [0.717, 1.165) is 5.56 Å². The Balaban J connectivity index is 2.23. The number of benzene rings is 1. The molecule has 2 aromatic rings. The van der Waals surface area contributed by atoms with Crippen LogP contribution in [0.5, 0.6) is 0 Å². The van der Waals surface area contributed by atoms with Crippen molar-refractivity contribution < 1.29 is 13.9 Å². The molecule has 0 unspecified atom stereocenters. The van der Waals surface area contributed by atoms with E-state index in [0.29, 0.717) is 12.2 Å². The maximum Gasteiger partial charge on any atom is 0.343 e. The number of methoxy groups -OCH3 is 1. The van der Waals surface area contributed by atoms with Crippen molar-refractivity contribution in [3.63, 3.8) is 0 Å². The molecule has 0 spiro atoms. The summed E-state index contributed by atoms with van der Waals surface area (Å²) in [4.78, 5) is 19.3. The van der Waals surface area contributed by atoms with Crippen molar-refractivity contribution in [3.05, 3.63) is 53.2 Å². The van der Waals surface area contributed by atoms with Crippen LogP contribution in [0.25, 0.3) is 0 Å². The molecular weight excluding hydrogens is 249 g/mol. The Morgan fingerprint density at radius 3 is 2.89 bits per heavy atom. The number of anilines is 1. The lowest BCUT2D eigenvalue weighted by Gasteiger charge is -2.05. The molecular formula is C13H12FN3O2. The van der Waals surface area contributed by atoms with E-state index in [1.165, 1.54) is 25.4 Å². The SMILES string of the molecule is COC(=O)c1cnc(Cc2cccc(F)c2)nc1N. The Hall–Kier alpha value is -2.50. The van der Waals surface area contributed by atoms with E-state index < -0.39 is 5.97 Å². The van der Waals surface area contributed by atoms with Crippen molar-refractivity contribution in [2.75, 3.05) is 12.8 Å². The van der Waals surface area contributed by atoms with Gasteiger partial charge in [-0.2, -0.15) is 0 Å². The first-order valence-corrected chi connectivity index (χ1v) is 5.54. The average molecular weight is 261 g/mol. The zero-order valence-corrected chi connectivity index (χ0v) is 10.3. The van der Waals surface area contributed by atoms with Gasteiger partial charge in [0.05, 0.1) is 7.11 Å². The van der Waals surface area contributed by atoms with E-state index in [1.807, 2.05) is 0 Å². The number of nitrogen functional groups attached to an aromatic ring is 1. The second-order valence-electron chi connectivity index (χ2n) is 3.88. The molecule has 5 nitrogen and oxygen atoms in total. The molecule has 1 heterocycles. The Labute approximate surface area is 109 Å². The van der Waals surface area contributed by atoms with E-state index in [4.69, 9.17) is 5.73 Å². The first-order chi connectivity index (χ1) is 9.10. The van der Waals surface area contributed by atoms with Crippen LogP contribution in [0.1, 0.15) is 21.7 Å². The average Bonchev–Trinajstić information content (AvgIpc) is 2.38. The van der Waals surface area contributed by atoms with Gasteiger partial charge < -0.3 is 10.5 Å². The van der Waals surface area contributed by atoms with Crippen LogP contribution in [0, 0.1) is 5.82 Å². The van der Waals surface area contributed by atoms with Crippen LogP contribution in [0.15, 0.2) is 30.5 Å². The number of nitrogens with zero attached hydrogens (tertiary/aromatic N) is 2. The molecule has 0 bridgehead atoms. The highest BCUT2D eigenvalue weighted by Gasteiger charge is 2.12. The first-order valence-electron chi connectivity index (χ1n) is 5.54. The maximum atomic E-state index is 13.0. The molecule has 0 radical (unpaired) electrons. The lowest BCUT2D eigenvalue weighted by molar-refractivity contribution is 0.0601. The van der Waals surface area contributed by atoms with Gasteiger partial charge in [0.2, 0.25) is 0 Å². The van der Waals surface area contributed by atoms with Gasteiger partial charge >= 0.3 is 5.97 Å². The van der Waals surface area contributed by atoms with E-state index in [9.17, 15) is 9.18 Å². The number of ether oxygens (including phenoxy) is 1. The van der Waals surface area contributed by atoms with Crippen molar-refractivity contribution in [2.45, 2.75) is 6.42 Å². The Kier molecular flexibility index (Phi) is 3.70. The number of carbonyl (C=O) groups excluding carboxylic acids is 1. The minimum Gasteiger partial charge on any atom is -0.465 e. The Morgan fingerprint density at radius 1 is 1.47 bits per heavy atom. The van der Waals surface area contributed by atoms with E-state index in [1.54, 1.807) is 12.1 Å². The molecule has 1 aromatic heterocycles. The smallest absolute Gasteiger partial charge is 0.343 e. The topological polar surface area (TPSA) is 78.1 Å². The van der Waals surface area contributed by atoms with Crippen LogP contribution in [0.3, 0.4) is 0 Å². The third-order valence-electron chi connectivity index (χ3n) is 2.52. The summed E-state index contributed by atoms with van der Waals surface area (Å²) in [6.45, 7) is 0. The van der Waals surface area contributed by atoms with E-state index in [2.05, 4.69) is 14.7 Å². The fourth-order valence-electron chi connectivity index (χ4n) is 1.62. The fourth-order valence-corrected chi connectivity index (χ4v) is 1.62. The summed E-state index contributed by atoms with van der Waals surface area (Å²) in [7, 11) is 1.25. The molecule has 2 N–H and O–H groups in total. The molecule has 0 amide bonds. The number of halogens is 1. The number of hydrogen-bond donors (Lipinski definition) is 1. The maximum absolute atomic E-state index is 13.0. The van der Waals surface area contributed by atoms with Crippen molar-refractivity contribution in [3.8, 4) is 0 Å². The normalized spacial score (nSPS) is 10.2. The quantitative estimate of drug-likeness (QED) is 0.848. The number of carbonyl (C=O) groups is 1. The molecule has 0 aliphatic heterocycles. The monoisotopic (exact) mass is 261 g/mol. The predicted octanol–water partition coefficient (Wildman–Crippen LogP) is 1.58. The Morgan fingerprint density at radius 2 is 2.26 bits per heavy atom. The van der Waals surface area contributed by atoms with Gasteiger partial charge in [-0.25, -0.2) is 19.2 Å². The van der Waals surface area contributed by atoms with Gasteiger partial charge in [-0.05, 0) is 17.7 Å². The van der Waals surface area contributed by atoms with Crippen molar-refractivity contribution in [1.82, 2.24) is 9.97 Å². The molecule has 0 saturated carbocycles. The van der Waals surface area contributed by atoms with E-state index in [-0.39, 0.29) is 17.2 Å². The van der Waals surface area contributed by atoms with Gasteiger partial charge in [0.15, 0.2) is 0 Å². The van der Waals surface area contributed by atoms with Crippen LogP contribution in [-0.2, 0) is 11.2 Å². The van der Waals surface area contributed by atoms with Crippen LogP contribution in [-0.4, -0.2) is 23.0 Å². The van der Waals surface area contributed by atoms with Gasteiger partial charge in [-0.1, -0.05) is 12.1 Å². The zero-order chi connectivity index (χ0) is 13.8. The minimum atomic E-state index is -0.588. The fraction of sp³-hybridized carbons (Fsp3) is 0.154.